The van der Waals surface area contributed by atoms with Crippen LogP contribution in [0.3, 0.4) is 0 Å². The van der Waals surface area contributed by atoms with Gasteiger partial charge in [0.1, 0.15) is 0 Å². The summed E-state index contributed by atoms with van der Waals surface area (Å²) in [6.07, 6.45) is -4.22. The van der Waals surface area contributed by atoms with E-state index in [2.05, 4.69) is 28.4 Å². The Bertz CT molecular complexity index is 1410. The number of amides is 1. The van der Waals surface area contributed by atoms with Crippen molar-refractivity contribution in [3.63, 3.8) is 0 Å². The fourth-order valence-corrected chi connectivity index (χ4v) is 6.44. The number of rotatable bonds is 6. The van der Waals surface area contributed by atoms with Gasteiger partial charge in [-0.05, 0) is 79.5 Å². The summed E-state index contributed by atoms with van der Waals surface area (Å²) in [5.41, 5.74) is -0.651. The summed E-state index contributed by atoms with van der Waals surface area (Å²) in [4.78, 5) is 16.4. The third kappa shape index (κ3) is 6.82. The monoisotopic (exact) mass is 600 g/mol. The fourth-order valence-electron chi connectivity index (χ4n) is 6.44. The lowest BCUT2D eigenvalue weighted by Crippen LogP contribution is -2.51. The lowest BCUT2D eigenvalue weighted by atomic mass is 9.67. The predicted octanol–water partition coefficient (Wildman–Crippen LogP) is 8.57. The Labute approximate surface area is 247 Å². The molecule has 1 aliphatic heterocycles. The van der Waals surface area contributed by atoms with Crippen LogP contribution in [0.2, 0.25) is 0 Å². The van der Waals surface area contributed by atoms with E-state index in [4.69, 9.17) is 0 Å². The van der Waals surface area contributed by atoms with Crippen molar-refractivity contribution in [3.05, 3.63) is 113 Å². The second-order valence-corrected chi connectivity index (χ2v) is 11.6. The van der Waals surface area contributed by atoms with Gasteiger partial charge in [0.2, 0.25) is 5.91 Å². The van der Waals surface area contributed by atoms with E-state index < -0.39 is 34.9 Å². The van der Waals surface area contributed by atoms with Crippen LogP contribution in [0.4, 0.5) is 26.3 Å². The first-order valence-corrected chi connectivity index (χ1v) is 14.5. The Balaban J connectivity index is 1.34. The highest BCUT2D eigenvalue weighted by molar-refractivity contribution is 5.88. The second kappa shape index (κ2) is 12.2. The van der Waals surface area contributed by atoms with E-state index >= 15 is 0 Å². The summed E-state index contributed by atoms with van der Waals surface area (Å²) in [5.74, 6) is -0.388. The summed E-state index contributed by atoms with van der Waals surface area (Å²) in [7, 11) is 0. The molecule has 0 saturated heterocycles. The lowest BCUT2D eigenvalue weighted by molar-refractivity contribution is -0.143. The number of hydrogen-bond acceptors (Lipinski definition) is 2. The van der Waals surface area contributed by atoms with E-state index in [9.17, 15) is 31.1 Å². The minimum atomic E-state index is -4.96. The Hall–Kier alpha value is -3.59. The standard InChI is InChI=1S/C34H34F6N2O/c1-23(26-20-28(33(35,36)37)22-29(21-26)34(38,39)40)41-31(43)32(27-10-6-3-7-11-27)16-12-30(13-17-32)42-18-14-25(15-19-42)24-8-4-2-5-9-24/h2-11,14,20-23,30H,12-13,15-19H2,1H3,(H,41,43). The maximum atomic E-state index is 14.0. The number of benzene rings is 3. The van der Waals surface area contributed by atoms with Gasteiger partial charge in [0.05, 0.1) is 22.6 Å². The van der Waals surface area contributed by atoms with Crippen molar-refractivity contribution < 1.29 is 31.1 Å². The van der Waals surface area contributed by atoms with Gasteiger partial charge in [-0.3, -0.25) is 9.69 Å². The first-order chi connectivity index (χ1) is 20.4. The summed E-state index contributed by atoms with van der Waals surface area (Å²) in [6, 6.07) is 20.2. The van der Waals surface area contributed by atoms with Gasteiger partial charge < -0.3 is 5.32 Å². The number of hydrogen-bond donors (Lipinski definition) is 1. The molecular weight excluding hydrogens is 566 g/mol. The average molecular weight is 601 g/mol. The summed E-state index contributed by atoms with van der Waals surface area (Å²) in [6.45, 7) is 3.14. The van der Waals surface area contributed by atoms with Crippen molar-refractivity contribution in [1.29, 1.82) is 0 Å². The van der Waals surface area contributed by atoms with Gasteiger partial charge in [-0.25, -0.2) is 0 Å². The smallest absolute Gasteiger partial charge is 0.349 e. The van der Waals surface area contributed by atoms with Gasteiger partial charge >= 0.3 is 12.4 Å². The Morgan fingerprint density at radius 1 is 0.860 bits per heavy atom. The topological polar surface area (TPSA) is 32.3 Å². The Morgan fingerprint density at radius 3 is 1.93 bits per heavy atom. The number of carbonyl (C=O) groups excluding carboxylic acids is 1. The molecular formula is C34H34F6N2O. The quantitative estimate of drug-likeness (QED) is 0.288. The summed E-state index contributed by atoms with van der Waals surface area (Å²) in [5, 5.41) is 2.78. The van der Waals surface area contributed by atoms with E-state index in [0.717, 1.165) is 37.9 Å². The van der Waals surface area contributed by atoms with E-state index in [1.165, 1.54) is 18.1 Å². The largest absolute Gasteiger partial charge is 0.416 e. The molecule has 2 aliphatic rings. The van der Waals surface area contributed by atoms with Crippen molar-refractivity contribution in [2.24, 2.45) is 0 Å². The zero-order valence-electron chi connectivity index (χ0n) is 23.8. The van der Waals surface area contributed by atoms with Crippen LogP contribution in [0.1, 0.15) is 72.9 Å². The van der Waals surface area contributed by atoms with Crippen molar-refractivity contribution in [1.82, 2.24) is 10.2 Å². The highest BCUT2D eigenvalue weighted by atomic mass is 19.4. The number of carbonyl (C=O) groups is 1. The third-order valence-electron chi connectivity index (χ3n) is 8.93. The molecule has 3 nitrogen and oxygen atoms in total. The molecule has 3 aromatic rings. The van der Waals surface area contributed by atoms with E-state index in [1.807, 2.05) is 48.5 Å². The van der Waals surface area contributed by atoms with Crippen LogP contribution in [0.25, 0.3) is 5.57 Å². The third-order valence-corrected chi connectivity index (χ3v) is 8.93. The molecule has 1 aliphatic carbocycles. The molecule has 1 N–H and O–H groups in total. The average Bonchev–Trinajstić information content (AvgIpc) is 3.01. The van der Waals surface area contributed by atoms with Gasteiger partial charge in [0.15, 0.2) is 0 Å². The van der Waals surface area contributed by atoms with Crippen LogP contribution < -0.4 is 5.32 Å². The lowest BCUT2D eigenvalue weighted by Gasteiger charge is -2.44. The second-order valence-electron chi connectivity index (χ2n) is 11.6. The molecule has 3 aromatic carbocycles. The zero-order chi connectivity index (χ0) is 30.8. The number of nitrogens with one attached hydrogen (secondary N) is 1. The molecule has 228 valence electrons. The minimum Gasteiger partial charge on any atom is -0.349 e. The Morgan fingerprint density at radius 2 is 1.42 bits per heavy atom. The molecule has 1 atom stereocenters. The van der Waals surface area contributed by atoms with Crippen molar-refractivity contribution in [3.8, 4) is 0 Å². The van der Waals surface area contributed by atoms with E-state index in [-0.39, 0.29) is 23.6 Å². The molecule has 1 unspecified atom stereocenters. The molecule has 9 heteroatoms. The van der Waals surface area contributed by atoms with Gasteiger partial charge in [0.25, 0.3) is 0 Å². The van der Waals surface area contributed by atoms with Crippen molar-refractivity contribution in [2.75, 3.05) is 13.1 Å². The maximum absolute atomic E-state index is 14.0. The van der Waals surface area contributed by atoms with Crippen LogP contribution in [0, 0.1) is 0 Å². The predicted molar refractivity (Wildman–Crippen MR) is 154 cm³/mol. The fraction of sp³-hybridized carbons (Fsp3) is 0.382. The molecule has 1 amide bonds. The van der Waals surface area contributed by atoms with Crippen molar-refractivity contribution >= 4 is 11.5 Å². The van der Waals surface area contributed by atoms with Gasteiger partial charge in [-0.15, -0.1) is 0 Å². The van der Waals surface area contributed by atoms with Crippen molar-refractivity contribution in [2.45, 2.75) is 68.9 Å². The van der Waals surface area contributed by atoms with Gasteiger partial charge in [-0.1, -0.05) is 66.7 Å². The van der Waals surface area contributed by atoms with Crippen LogP contribution in [-0.2, 0) is 22.6 Å². The molecule has 0 spiro atoms. The maximum Gasteiger partial charge on any atom is 0.416 e. The first kappa shape index (κ1) is 30.9. The molecule has 1 saturated carbocycles. The molecule has 0 aromatic heterocycles. The number of halogens is 6. The number of alkyl halides is 6. The van der Waals surface area contributed by atoms with Crippen LogP contribution >= 0.6 is 0 Å². The summed E-state index contributed by atoms with van der Waals surface area (Å²) < 4.78 is 80.8. The number of nitrogens with zero attached hydrogens (tertiary/aromatic N) is 1. The molecule has 0 bridgehead atoms. The highest BCUT2D eigenvalue weighted by Crippen LogP contribution is 2.43. The molecule has 0 radical (unpaired) electrons. The SMILES string of the molecule is CC(NC(=O)C1(c2ccccc2)CCC(N2CC=C(c3ccccc3)CC2)CC1)c1cc(C(F)(F)F)cc(C(F)(F)F)c1. The van der Waals surface area contributed by atoms with Crippen LogP contribution in [-0.4, -0.2) is 29.9 Å². The van der Waals surface area contributed by atoms with Crippen LogP contribution in [0.15, 0.2) is 84.9 Å². The normalized spacial score (nSPS) is 22.5. The molecule has 1 fully saturated rings. The Kier molecular flexibility index (Phi) is 8.75. The first-order valence-electron chi connectivity index (χ1n) is 14.5. The zero-order valence-corrected chi connectivity index (χ0v) is 23.8. The van der Waals surface area contributed by atoms with Crippen LogP contribution in [0.5, 0.6) is 0 Å². The summed E-state index contributed by atoms with van der Waals surface area (Å²) >= 11 is 0. The van der Waals surface area contributed by atoms with Gasteiger partial charge in [0, 0.05) is 19.1 Å². The molecule has 1 heterocycles. The van der Waals surface area contributed by atoms with Gasteiger partial charge in [-0.2, -0.15) is 26.3 Å². The molecule has 43 heavy (non-hydrogen) atoms. The van der Waals surface area contributed by atoms with E-state index in [0.29, 0.717) is 25.0 Å². The van der Waals surface area contributed by atoms with E-state index in [1.54, 1.807) is 0 Å². The molecule has 5 rings (SSSR count). The highest BCUT2D eigenvalue weighted by Gasteiger charge is 2.45. The minimum absolute atomic E-state index is 0.101.